The Morgan fingerprint density at radius 3 is 2.52 bits per heavy atom. The van der Waals surface area contributed by atoms with Crippen LogP contribution in [0.3, 0.4) is 0 Å². The van der Waals surface area contributed by atoms with Crippen molar-refractivity contribution in [1.82, 2.24) is 10.2 Å². The molecule has 0 bridgehead atoms. The van der Waals surface area contributed by atoms with E-state index in [4.69, 9.17) is 0 Å². The van der Waals surface area contributed by atoms with E-state index in [2.05, 4.69) is 49.5 Å². The highest BCUT2D eigenvalue weighted by molar-refractivity contribution is 5.79. The smallest absolute Gasteiger partial charge is 0.223 e. The zero-order chi connectivity index (χ0) is 20.4. The van der Waals surface area contributed by atoms with Gasteiger partial charge in [-0.25, -0.2) is 0 Å². The zero-order valence-electron chi connectivity index (χ0n) is 17.9. The Morgan fingerprint density at radius 2 is 1.93 bits per heavy atom. The molecule has 29 heavy (non-hydrogen) atoms. The predicted octanol–water partition coefficient (Wildman–Crippen LogP) is 4.10. The normalized spacial score (nSPS) is 27.0. The predicted molar refractivity (Wildman–Crippen MR) is 118 cm³/mol. The first-order valence-electron chi connectivity index (χ1n) is 11.5. The van der Waals surface area contributed by atoms with Gasteiger partial charge in [-0.1, -0.05) is 44.2 Å². The average Bonchev–Trinajstić information content (AvgIpc) is 3.52. The van der Waals surface area contributed by atoms with Crippen LogP contribution in [0, 0.1) is 5.92 Å². The summed E-state index contributed by atoms with van der Waals surface area (Å²) in [7, 11) is 0. The molecule has 2 fully saturated rings. The molecular weight excluding hydrogens is 360 g/mol. The number of nitrogens with zero attached hydrogens (tertiary/aromatic N) is 1. The third-order valence-corrected chi connectivity index (χ3v) is 6.87. The standard InChI is InChI=1S/C25H36N2O2/c1-17(2)26-15-22-25(23(16-28)27(22)24(29)14-18-8-9-18)21-12-10-20(11-13-21)19-6-4-3-5-7-19/h6,10-13,17-18,22-23,25-26,28H,3-5,7-9,14-16H2,1-2H3/t22-,23-,25-/m1/s1. The van der Waals surface area contributed by atoms with Gasteiger partial charge in [0.1, 0.15) is 0 Å². The summed E-state index contributed by atoms with van der Waals surface area (Å²) in [4.78, 5) is 14.9. The number of amides is 1. The van der Waals surface area contributed by atoms with Gasteiger partial charge in [-0.05, 0) is 61.1 Å². The quantitative estimate of drug-likeness (QED) is 0.696. The average molecular weight is 397 g/mol. The van der Waals surface area contributed by atoms with Gasteiger partial charge >= 0.3 is 0 Å². The number of aliphatic hydroxyl groups is 1. The van der Waals surface area contributed by atoms with Crippen molar-refractivity contribution in [2.75, 3.05) is 13.2 Å². The van der Waals surface area contributed by atoms with Crippen molar-refractivity contribution < 1.29 is 9.90 Å². The molecule has 3 aliphatic rings. The van der Waals surface area contributed by atoms with Crippen molar-refractivity contribution >= 4 is 11.5 Å². The molecule has 1 aromatic rings. The van der Waals surface area contributed by atoms with Gasteiger partial charge in [0.05, 0.1) is 18.7 Å². The van der Waals surface area contributed by atoms with Crippen molar-refractivity contribution in [3.63, 3.8) is 0 Å². The molecule has 1 saturated carbocycles. The fourth-order valence-electron chi connectivity index (χ4n) is 5.04. The maximum Gasteiger partial charge on any atom is 0.223 e. The molecule has 0 radical (unpaired) electrons. The molecule has 158 valence electrons. The van der Waals surface area contributed by atoms with E-state index in [1.54, 1.807) is 0 Å². The monoisotopic (exact) mass is 396 g/mol. The van der Waals surface area contributed by atoms with Crippen LogP contribution in [0.15, 0.2) is 30.3 Å². The summed E-state index contributed by atoms with van der Waals surface area (Å²) in [5.74, 6) is 0.994. The van der Waals surface area contributed by atoms with Crippen molar-refractivity contribution in [3.8, 4) is 0 Å². The third-order valence-electron chi connectivity index (χ3n) is 6.87. The van der Waals surface area contributed by atoms with Crippen LogP contribution in [0.1, 0.15) is 75.8 Å². The van der Waals surface area contributed by atoms with Crippen LogP contribution in [0.2, 0.25) is 0 Å². The van der Waals surface area contributed by atoms with E-state index in [1.807, 2.05) is 4.90 Å². The Balaban J connectivity index is 1.52. The fraction of sp³-hybridized carbons (Fsp3) is 0.640. The molecule has 0 spiro atoms. The summed E-state index contributed by atoms with van der Waals surface area (Å²) in [6, 6.07) is 9.34. The minimum atomic E-state index is -0.0973. The lowest BCUT2D eigenvalue weighted by molar-refractivity contribution is -0.150. The van der Waals surface area contributed by atoms with E-state index in [-0.39, 0.29) is 30.5 Å². The van der Waals surface area contributed by atoms with Crippen LogP contribution in [-0.4, -0.2) is 47.2 Å². The maximum absolute atomic E-state index is 12.9. The van der Waals surface area contributed by atoms with Crippen LogP contribution in [0.25, 0.3) is 5.57 Å². The number of hydrogen-bond acceptors (Lipinski definition) is 3. The van der Waals surface area contributed by atoms with Crippen molar-refractivity contribution in [2.45, 2.75) is 82.8 Å². The lowest BCUT2D eigenvalue weighted by Crippen LogP contribution is -2.68. The molecule has 4 heteroatoms. The molecule has 1 aliphatic heterocycles. The topological polar surface area (TPSA) is 52.6 Å². The number of hydrogen-bond donors (Lipinski definition) is 2. The number of rotatable bonds is 8. The largest absolute Gasteiger partial charge is 0.394 e. The van der Waals surface area contributed by atoms with Gasteiger partial charge in [0, 0.05) is 24.9 Å². The lowest BCUT2D eigenvalue weighted by Gasteiger charge is -2.55. The molecule has 0 unspecified atom stereocenters. The Labute approximate surface area is 175 Å². The Morgan fingerprint density at radius 1 is 1.17 bits per heavy atom. The van der Waals surface area contributed by atoms with Crippen LogP contribution in [0.5, 0.6) is 0 Å². The third kappa shape index (κ3) is 4.59. The number of benzene rings is 1. The molecule has 1 amide bonds. The number of carbonyl (C=O) groups excluding carboxylic acids is 1. The minimum Gasteiger partial charge on any atom is -0.394 e. The highest BCUT2D eigenvalue weighted by Gasteiger charge is 2.51. The van der Waals surface area contributed by atoms with Crippen LogP contribution in [0.4, 0.5) is 0 Å². The molecule has 0 aromatic heterocycles. The van der Waals surface area contributed by atoms with Gasteiger partial charge in [0.15, 0.2) is 0 Å². The van der Waals surface area contributed by atoms with Gasteiger partial charge in [-0.3, -0.25) is 4.79 Å². The first kappa shape index (κ1) is 20.6. The molecule has 3 atom stereocenters. The summed E-state index contributed by atoms with van der Waals surface area (Å²) < 4.78 is 0. The van der Waals surface area contributed by atoms with Crippen molar-refractivity contribution in [1.29, 1.82) is 0 Å². The number of aliphatic hydroxyl groups excluding tert-OH is 1. The maximum atomic E-state index is 12.9. The van der Waals surface area contributed by atoms with Gasteiger partial charge in [-0.15, -0.1) is 0 Å². The van der Waals surface area contributed by atoms with Gasteiger partial charge in [-0.2, -0.15) is 0 Å². The van der Waals surface area contributed by atoms with Crippen LogP contribution >= 0.6 is 0 Å². The molecule has 4 nitrogen and oxygen atoms in total. The van der Waals surface area contributed by atoms with Gasteiger partial charge in [0.25, 0.3) is 0 Å². The summed E-state index contributed by atoms with van der Waals surface area (Å²) >= 11 is 0. The zero-order valence-corrected chi connectivity index (χ0v) is 17.9. The van der Waals surface area contributed by atoms with E-state index >= 15 is 0 Å². The minimum absolute atomic E-state index is 0.0339. The number of carbonyl (C=O) groups is 1. The summed E-state index contributed by atoms with van der Waals surface area (Å²) in [5, 5.41) is 13.6. The van der Waals surface area contributed by atoms with Crippen LogP contribution in [-0.2, 0) is 4.79 Å². The Hall–Kier alpha value is -1.65. The Bertz CT molecular complexity index is 736. The van der Waals surface area contributed by atoms with Gasteiger partial charge in [0.2, 0.25) is 5.91 Å². The lowest BCUT2D eigenvalue weighted by atomic mass is 9.74. The first-order chi connectivity index (χ1) is 14.1. The molecule has 4 rings (SSSR count). The Kier molecular flexibility index (Phi) is 6.41. The molecule has 1 heterocycles. The van der Waals surface area contributed by atoms with E-state index in [9.17, 15) is 9.90 Å². The number of nitrogens with one attached hydrogen (secondary N) is 1. The molecule has 2 N–H and O–H groups in total. The van der Waals surface area contributed by atoms with E-state index in [0.717, 1.165) is 6.54 Å². The molecule has 1 saturated heterocycles. The highest BCUT2D eigenvalue weighted by Crippen LogP contribution is 2.43. The molecular formula is C25H36N2O2. The fourth-order valence-corrected chi connectivity index (χ4v) is 5.04. The summed E-state index contributed by atoms with van der Waals surface area (Å²) in [5.41, 5.74) is 4.04. The van der Waals surface area contributed by atoms with Crippen molar-refractivity contribution in [3.05, 3.63) is 41.5 Å². The van der Waals surface area contributed by atoms with Crippen LogP contribution < -0.4 is 5.32 Å². The highest BCUT2D eigenvalue weighted by atomic mass is 16.3. The van der Waals surface area contributed by atoms with E-state index in [0.29, 0.717) is 18.4 Å². The molecule has 1 aromatic carbocycles. The second-order valence-electron chi connectivity index (χ2n) is 9.45. The van der Waals surface area contributed by atoms with E-state index in [1.165, 1.54) is 55.2 Å². The summed E-state index contributed by atoms with van der Waals surface area (Å²) in [6.45, 7) is 5.09. The summed E-state index contributed by atoms with van der Waals surface area (Å²) in [6.07, 6.45) is 10.3. The van der Waals surface area contributed by atoms with Crippen molar-refractivity contribution in [2.24, 2.45) is 5.92 Å². The first-order valence-corrected chi connectivity index (χ1v) is 11.5. The molecule has 2 aliphatic carbocycles. The number of likely N-dealkylation sites (tertiary alicyclic amines) is 1. The number of allylic oxidation sites excluding steroid dienone is 2. The second kappa shape index (κ2) is 9.01. The SMILES string of the molecule is CC(C)NC[C@@H]1[C@@H](c2ccc(C3=CCCCC3)cc2)[C@@H](CO)N1C(=O)CC1CC1. The van der Waals surface area contributed by atoms with Gasteiger partial charge < -0.3 is 15.3 Å². The second-order valence-corrected chi connectivity index (χ2v) is 9.45. The van der Waals surface area contributed by atoms with E-state index < -0.39 is 0 Å².